The van der Waals surface area contributed by atoms with Crippen molar-refractivity contribution in [1.82, 2.24) is 10.2 Å². The van der Waals surface area contributed by atoms with Crippen molar-refractivity contribution in [3.63, 3.8) is 0 Å². The van der Waals surface area contributed by atoms with Crippen LogP contribution in [0.5, 0.6) is 5.75 Å². The van der Waals surface area contributed by atoms with E-state index in [2.05, 4.69) is 5.32 Å². The minimum Gasteiger partial charge on any atom is -0.488 e. The van der Waals surface area contributed by atoms with Crippen LogP contribution in [0.25, 0.3) is 0 Å². The van der Waals surface area contributed by atoms with Crippen LogP contribution in [0.2, 0.25) is 0 Å². The van der Waals surface area contributed by atoms with Crippen molar-refractivity contribution in [3.05, 3.63) is 65.2 Å². The maximum atomic E-state index is 12.7. The van der Waals surface area contributed by atoms with Gasteiger partial charge in [-0.3, -0.25) is 4.79 Å². The molecule has 0 spiro atoms. The zero-order valence-corrected chi connectivity index (χ0v) is 12.3. The summed E-state index contributed by atoms with van der Waals surface area (Å²) in [5, 5.41) is 3.36. The van der Waals surface area contributed by atoms with Gasteiger partial charge in [0.2, 0.25) is 0 Å². The summed E-state index contributed by atoms with van der Waals surface area (Å²) in [7, 11) is 0. The molecule has 1 fully saturated rings. The summed E-state index contributed by atoms with van der Waals surface area (Å²) >= 11 is 0. The van der Waals surface area contributed by atoms with Gasteiger partial charge in [-0.1, -0.05) is 42.5 Å². The first-order valence-electron chi connectivity index (χ1n) is 7.66. The van der Waals surface area contributed by atoms with Crippen molar-refractivity contribution in [1.29, 1.82) is 0 Å². The van der Waals surface area contributed by atoms with Gasteiger partial charge in [-0.25, -0.2) is 0 Å². The third-order valence-electron chi connectivity index (χ3n) is 4.37. The molecule has 2 aromatic carbocycles. The molecule has 22 heavy (non-hydrogen) atoms. The number of piperazine rings is 1. The van der Waals surface area contributed by atoms with Crippen LogP contribution in [0.3, 0.4) is 0 Å². The molecule has 112 valence electrons. The average molecular weight is 294 g/mol. The molecule has 2 heterocycles. The number of carbonyl (C=O) groups is 1. The Bertz CT molecular complexity index is 699. The number of amides is 1. The van der Waals surface area contributed by atoms with Gasteiger partial charge in [-0.05, 0) is 17.2 Å². The summed E-state index contributed by atoms with van der Waals surface area (Å²) < 4.78 is 5.94. The van der Waals surface area contributed by atoms with E-state index < -0.39 is 0 Å². The van der Waals surface area contributed by atoms with E-state index in [0.29, 0.717) is 12.4 Å². The number of rotatable bonds is 3. The summed E-state index contributed by atoms with van der Waals surface area (Å²) in [4.78, 5) is 14.6. The molecule has 1 unspecified atom stereocenters. The summed E-state index contributed by atoms with van der Waals surface area (Å²) in [5.41, 5.74) is 2.93. The van der Waals surface area contributed by atoms with Gasteiger partial charge in [0.25, 0.3) is 5.91 Å². The summed E-state index contributed by atoms with van der Waals surface area (Å²) in [6.07, 6.45) is 0. The van der Waals surface area contributed by atoms with E-state index in [9.17, 15) is 4.79 Å². The molecule has 2 aliphatic rings. The zero-order valence-electron chi connectivity index (χ0n) is 12.3. The Morgan fingerprint density at radius 3 is 2.86 bits per heavy atom. The van der Waals surface area contributed by atoms with Crippen LogP contribution >= 0.6 is 0 Å². The highest BCUT2D eigenvalue weighted by atomic mass is 16.5. The first-order chi connectivity index (χ1) is 10.8. The molecule has 4 nitrogen and oxygen atoms in total. The molecule has 1 atom stereocenters. The van der Waals surface area contributed by atoms with E-state index in [1.165, 1.54) is 0 Å². The molecule has 0 saturated carbocycles. The van der Waals surface area contributed by atoms with E-state index in [4.69, 9.17) is 4.74 Å². The SMILES string of the molecule is O=C1c2c(OCc3ccccc3)cccc2C2CNCCN12. The third-order valence-corrected chi connectivity index (χ3v) is 4.37. The molecule has 0 radical (unpaired) electrons. The maximum absolute atomic E-state index is 12.7. The van der Waals surface area contributed by atoms with Crippen molar-refractivity contribution in [2.24, 2.45) is 0 Å². The van der Waals surface area contributed by atoms with Crippen molar-refractivity contribution in [2.45, 2.75) is 12.6 Å². The van der Waals surface area contributed by atoms with Crippen molar-refractivity contribution >= 4 is 5.91 Å². The first-order valence-corrected chi connectivity index (χ1v) is 7.66. The van der Waals surface area contributed by atoms with Gasteiger partial charge in [0.1, 0.15) is 12.4 Å². The van der Waals surface area contributed by atoms with Gasteiger partial charge in [0.15, 0.2) is 0 Å². The number of nitrogens with one attached hydrogen (secondary N) is 1. The standard InChI is InChI=1S/C18H18N2O2/c21-18-17-14(15-11-19-9-10-20(15)18)7-4-8-16(17)22-12-13-5-2-1-3-6-13/h1-8,15,19H,9-12H2. The fourth-order valence-corrected chi connectivity index (χ4v) is 3.28. The molecule has 1 saturated heterocycles. The van der Waals surface area contributed by atoms with Crippen LogP contribution in [-0.4, -0.2) is 30.4 Å². The lowest BCUT2D eigenvalue weighted by Crippen LogP contribution is -2.44. The maximum Gasteiger partial charge on any atom is 0.258 e. The fourth-order valence-electron chi connectivity index (χ4n) is 3.28. The lowest BCUT2D eigenvalue weighted by Gasteiger charge is -2.30. The Labute approximate surface area is 129 Å². The molecule has 4 heteroatoms. The number of benzene rings is 2. The molecule has 2 aromatic rings. The van der Waals surface area contributed by atoms with E-state index in [1.807, 2.05) is 53.4 Å². The van der Waals surface area contributed by atoms with E-state index in [0.717, 1.165) is 36.3 Å². The first kappa shape index (κ1) is 13.3. The van der Waals surface area contributed by atoms with Gasteiger partial charge in [-0.15, -0.1) is 0 Å². The molecule has 4 rings (SSSR count). The van der Waals surface area contributed by atoms with Crippen LogP contribution in [0.1, 0.15) is 27.5 Å². The zero-order chi connectivity index (χ0) is 14.9. The quantitative estimate of drug-likeness (QED) is 0.945. The van der Waals surface area contributed by atoms with Crippen molar-refractivity contribution in [2.75, 3.05) is 19.6 Å². The summed E-state index contributed by atoms with van der Waals surface area (Å²) in [5.74, 6) is 0.797. The number of nitrogens with zero attached hydrogens (tertiary/aromatic N) is 1. The molecular weight excluding hydrogens is 276 g/mol. The number of fused-ring (bicyclic) bond motifs is 3. The Balaban J connectivity index is 1.63. The second-order valence-corrected chi connectivity index (χ2v) is 5.71. The van der Waals surface area contributed by atoms with E-state index in [-0.39, 0.29) is 11.9 Å². The molecule has 1 N–H and O–H groups in total. The molecule has 0 aromatic heterocycles. The Morgan fingerprint density at radius 1 is 1.14 bits per heavy atom. The Morgan fingerprint density at radius 2 is 2.00 bits per heavy atom. The predicted octanol–water partition coefficient (Wildman–Crippen LogP) is 2.37. The minimum absolute atomic E-state index is 0.102. The largest absolute Gasteiger partial charge is 0.488 e. The van der Waals surface area contributed by atoms with Gasteiger partial charge in [-0.2, -0.15) is 0 Å². The van der Waals surface area contributed by atoms with Crippen LogP contribution in [0.4, 0.5) is 0 Å². The van der Waals surface area contributed by atoms with Gasteiger partial charge in [0.05, 0.1) is 11.6 Å². The van der Waals surface area contributed by atoms with E-state index in [1.54, 1.807) is 0 Å². The lowest BCUT2D eigenvalue weighted by molar-refractivity contribution is 0.0688. The molecular formula is C18H18N2O2. The monoisotopic (exact) mass is 294 g/mol. The van der Waals surface area contributed by atoms with Gasteiger partial charge in [0, 0.05) is 19.6 Å². The Hall–Kier alpha value is -2.33. The molecule has 1 amide bonds. The summed E-state index contributed by atoms with van der Waals surface area (Å²) in [6.45, 7) is 2.92. The molecule has 0 aliphatic carbocycles. The topological polar surface area (TPSA) is 41.6 Å². The minimum atomic E-state index is 0.102. The number of hydrogen-bond donors (Lipinski definition) is 1. The highest BCUT2D eigenvalue weighted by molar-refractivity contribution is 6.02. The number of ether oxygens (including phenoxy) is 1. The smallest absolute Gasteiger partial charge is 0.258 e. The molecule has 2 aliphatic heterocycles. The fraction of sp³-hybridized carbons (Fsp3) is 0.278. The van der Waals surface area contributed by atoms with Crippen LogP contribution in [-0.2, 0) is 6.61 Å². The van der Waals surface area contributed by atoms with Crippen LogP contribution in [0, 0.1) is 0 Å². The predicted molar refractivity (Wildman–Crippen MR) is 83.9 cm³/mol. The third kappa shape index (κ3) is 2.16. The van der Waals surface area contributed by atoms with Crippen molar-refractivity contribution in [3.8, 4) is 5.75 Å². The second kappa shape index (κ2) is 5.46. The van der Waals surface area contributed by atoms with E-state index >= 15 is 0 Å². The highest BCUT2D eigenvalue weighted by Gasteiger charge is 2.39. The normalized spacial score (nSPS) is 19.7. The van der Waals surface area contributed by atoms with Crippen LogP contribution in [0.15, 0.2) is 48.5 Å². The lowest BCUT2D eigenvalue weighted by atomic mass is 10.0. The average Bonchev–Trinajstić information content (AvgIpc) is 2.88. The highest BCUT2D eigenvalue weighted by Crippen LogP contribution is 2.39. The Kier molecular flexibility index (Phi) is 3.31. The number of hydrogen-bond acceptors (Lipinski definition) is 3. The number of carbonyl (C=O) groups excluding carboxylic acids is 1. The summed E-state index contributed by atoms with van der Waals surface area (Å²) in [6, 6.07) is 16.1. The molecule has 0 bridgehead atoms. The van der Waals surface area contributed by atoms with Gasteiger partial charge < -0.3 is 15.0 Å². The van der Waals surface area contributed by atoms with Gasteiger partial charge >= 0.3 is 0 Å². The van der Waals surface area contributed by atoms with Crippen LogP contribution < -0.4 is 10.1 Å². The second-order valence-electron chi connectivity index (χ2n) is 5.71. The van der Waals surface area contributed by atoms with Crippen molar-refractivity contribution < 1.29 is 9.53 Å².